The summed E-state index contributed by atoms with van der Waals surface area (Å²) in [4.78, 5) is 30.6. The molecule has 0 saturated heterocycles. The number of nitrogens with zero attached hydrogens (tertiary/aromatic N) is 1. The summed E-state index contributed by atoms with van der Waals surface area (Å²) in [5.74, 6) is -1.42. The number of aromatic carboxylic acids is 1. The van der Waals surface area contributed by atoms with E-state index in [0.717, 1.165) is 16.1 Å². The van der Waals surface area contributed by atoms with Crippen LogP contribution in [0.15, 0.2) is 101 Å². The maximum Gasteiger partial charge on any atom is 0.335 e. The number of pyridine rings is 1. The summed E-state index contributed by atoms with van der Waals surface area (Å²) in [6.07, 6.45) is 1.59. The highest BCUT2D eigenvalue weighted by Crippen LogP contribution is 2.30. The number of carbonyl (C=O) groups is 2. The fraction of sp³-hybridized carbons (Fsp3) is 0.0385. The Labute approximate surface area is 200 Å². The van der Waals surface area contributed by atoms with Crippen LogP contribution < -0.4 is 5.32 Å². The van der Waals surface area contributed by atoms with Crippen LogP contribution in [0.3, 0.4) is 0 Å². The van der Waals surface area contributed by atoms with E-state index in [4.69, 9.17) is 11.6 Å². The molecule has 0 aliphatic rings. The molecule has 33 heavy (non-hydrogen) atoms. The average Bonchev–Trinajstić information content (AvgIpc) is 2.84. The molecule has 0 spiro atoms. The molecular formula is C26H19ClN2O3S. The molecule has 0 aliphatic heterocycles. The van der Waals surface area contributed by atoms with Gasteiger partial charge in [0.15, 0.2) is 0 Å². The van der Waals surface area contributed by atoms with Crippen LogP contribution in [0.4, 0.5) is 5.69 Å². The SMILES string of the molecule is O=C(O)c1cc(Sc2ccccc2)cc(C(=O)c2ccc(NCc3ccc(Cl)cc3)cn2)c1. The second-order valence-corrected chi connectivity index (χ2v) is 8.79. The average molecular weight is 475 g/mol. The van der Waals surface area contributed by atoms with Crippen LogP contribution >= 0.6 is 23.4 Å². The summed E-state index contributed by atoms with van der Waals surface area (Å²) >= 11 is 7.31. The number of hydrogen-bond donors (Lipinski definition) is 2. The number of carboxylic acid groups (broad SMARTS) is 1. The number of rotatable bonds is 8. The molecule has 0 bridgehead atoms. The summed E-state index contributed by atoms with van der Waals surface area (Å²) in [5, 5.41) is 13.4. The van der Waals surface area contributed by atoms with Crippen molar-refractivity contribution in [1.29, 1.82) is 0 Å². The first-order chi connectivity index (χ1) is 16.0. The Kier molecular flexibility index (Phi) is 7.07. The molecule has 164 valence electrons. The van der Waals surface area contributed by atoms with Crippen molar-refractivity contribution >= 4 is 40.8 Å². The fourth-order valence-electron chi connectivity index (χ4n) is 3.12. The van der Waals surface area contributed by atoms with Crippen molar-refractivity contribution in [3.63, 3.8) is 0 Å². The van der Waals surface area contributed by atoms with Gasteiger partial charge < -0.3 is 10.4 Å². The Morgan fingerprint density at radius 1 is 0.879 bits per heavy atom. The van der Waals surface area contributed by atoms with E-state index >= 15 is 0 Å². The van der Waals surface area contributed by atoms with E-state index in [1.165, 1.54) is 17.8 Å². The molecule has 5 nitrogen and oxygen atoms in total. The van der Waals surface area contributed by atoms with Crippen LogP contribution in [0.5, 0.6) is 0 Å². The first kappa shape index (κ1) is 22.6. The number of hydrogen-bond acceptors (Lipinski definition) is 5. The standard InChI is InChI=1S/C26H19ClN2O3S/c27-20-8-6-17(7-9-20)15-28-21-10-11-24(29-16-21)25(30)18-12-19(26(31)32)14-23(13-18)33-22-4-2-1-3-5-22/h1-14,16,28H,15H2,(H,31,32). The molecule has 0 aliphatic carbocycles. The van der Waals surface area contributed by atoms with Gasteiger partial charge in [-0.25, -0.2) is 4.79 Å². The molecule has 1 heterocycles. The van der Waals surface area contributed by atoms with Gasteiger partial charge in [0.05, 0.1) is 17.4 Å². The van der Waals surface area contributed by atoms with E-state index in [9.17, 15) is 14.7 Å². The van der Waals surface area contributed by atoms with Crippen LogP contribution in [-0.2, 0) is 6.54 Å². The topological polar surface area (TPSA) is 79.3 Å². The molecule has 4 rings (SSSR count). The number of anilines is 1. The number of nitrogens with one attached hydrogen (secondary N) is 1. The largest absolute Gasteiger partial charge is 0.478 e. The maximum atomic E-state index is 13.1. The third-order valence-electron chi connectivity index (χ3n) is 4.80. The van der Waals surface area contributed by atoms with E-state index in [-0.39, 0.29) is 22.6 Å². The maximum absolute atomic E-state index is 13.1. The molecule has 1 aromatic heterocycles. The van der Waals surface area contributed by atoms with Gasteiger partial charge in [-0.1, -0.05) is 53.7 Å². The first-order valence-electron chi connectivity index (χ1n) is 10.1. The summed E-state index contributed by atoms with van der Waals surface area (Å²) in [6, 6.07) is 25.1. The predicted molar refractivity (Wildman–Crippen MR) is 130 cm³/mol. The van der Waals surface area contributed by atoms with Gasteiger partial charge in [-0.15, -0.1) is 0 Å². The molecule has 0 radical (unpaired) electrons. The summed E-state index contributed by atoms with van der Waals surface area (Å²) in [5.41, 5.74) is 2.41. The van der Waals surface area contributed by atoms with Gasteiger partial charge in [0.25, 0.3) is 0 Å². The molecule has 0 atom stereocenters. The smallest absolute Gasteiger partial charge is 0.335 e. The van der Waals surface area contributed by atoms with Crippen LogP contribution in [0, 0.1) is 0 Å². The Balaban J connectivity index is 1.51. The highest BCUT2D eigenvalue weighted by molar-refractivity contribution is 7.99. The van der Waals surface area contributed by atoms with Gasteiger partial charge in [0.2, 0.25) is 5.78 Å². The Bertz CT molecular complexity index is 1280. The van der Waals surface area contributed by atoms with Crippen LogP contribution in [0.2, 0.25) is 5.02 Å². The summed E-state index contributed by atoms with van der Waals surface area (Å²) in [7, 11) is 0. The number of carboxylic acids is 1. The molecule has 0 unspecified atom stereocenters. The number of ketones is 1. The highest BCUT2D eigenvalue weighted by atomic mass is 35.5. The van der Waals surface area contributed by atoms with Crippen LogP contribution in [0.25, 0.3) is 0 Å². The summed E-state index contributed by atoms with van der Waals surface area (Å²) in [6.45, 7) is 0.590. The van der Waals surface area contributed by atoms with Crippen molar-refractivity contribution in [2.75, 3.05) is 5.32 Å². The van der Waals surface area contributed by atoms with Crippen molar-refractivity contribution < 1.29 is 14.7 Å². The first-order valence-corrected chi connectivity index (χ1v) is 11.3. The van der Waals surface area contributed by atoms with Gasteiger partial charge in [0.1, 0.15) is 5.69 Å². The zero-order valence-electron chi connectivity index (χ0n) is 17.4. The Hall–Kier alpha value is -3.61. The van der Waals surface area contributed by atoms with Crippen molar-refractivity contribution in [1.82, 2.24) is 4.98 Å². The Morgan fingerprint density at radius 3 is 2.27 bits per heavy atom. The lowest BCUT2D eigenvalue weighted by molar-refractivity contribution is 0.0696. The lowest BCUT2D eigenvalue weighted by Gasteiger charge is -2.09. The van der Waals surface area contributed by atoms with Gasteiger partial charge >= 0.3 is 5.97 Å². The second-order valence-electron chi connectivity index (χ2n) is 7.21. The molecule has 0 amide bonds. The van der Waals surface area contributed by atoms with E-state index in [0.29, 0.717) is 16.5 Å². The predicted octanol–water partition coefficient (Wildman–Crippen LogP) is 6.43. The zero-order valence-corrected chi connectivity index (χ0v) is 18.9. The van der Waals surface area contributed by atoms with Crippen molar-refractivity contribution in [2.24, 2.45) is 0 Å². The van der Waals surface area contributed by atoms with Crippen LogP contribution in [0.1, 0.15) is 32.0 Å². The second kappa shape index (κ2) is 10.3. The minimum atomic E-state index is -1.09. The van der Waals surface area contributed by atoms with Crippen molar-refractivity contribution in [3.05, 3.63) is 119 Å². The molecule has 0 saturated carbocycles. The van der Waals surface area contributed by atoms with Gasteiger partial charge in [-0.3, -0.25) is 9.78 Å². The highest BCUT2D eigenvalue weighted by Gasteiger charge is 2.16. The molecule has 7 heteroatoms. The Morgan fingerprint density at radius 2 is 1.61 bits per heavy atom. The fourth-order valence-corrected chi connectivity index (χ4v) is 4.19. The minimum Gasteiger partial charge on any atom is -0.478 e. The molecule has 3 aromatic carbocycles. The van der Waals surface area contributed by atoms with Crippen molar-refractivity contribution in [2.45, 2.75) is 16.3 Å². The van der Waals surface area contributed by atoms with Gasteiger partial charge in [-0.05, 0) is 60.2 Å². The lowest BCUT2D eigenvalue weighted by atomic mass is 10.0. The van der Waals surface area contributed by atoms with E-state index in [1.807, 2.05) is 54.6 Å². The number of benzene rings is 3. The number of carbonyl (C=O) groups excluding carboxylic acids is 1. The third-order valence-corrected chi connectivity index (χ3v) is 6.03. The molecular weight excluding hydrogens is 456 g/mol. The van der Waals surface area contributed by atoms with E-state index in [2.05, 4.69) is 10.3 Å². The summed E-state index contributed by atoms with van der Waals surface area (Å²) < 4.78 is 0. The van der Waals surface area contributed by atoms with Crippen LogP contribution in [-0.4, -0.2) is 21.8 Å². The monoisotopic (exact) mass is 474 g/mol. The van der Waals surface area contributed by atoms with E-state index < -0.39 is 5.97 Å². The van der Waals surface area contributed by atoms with Gasteiger partial charge in [-0.2, -0.15) is 0 Å². The quantitative estimate of drug-likeness (QED) is 0.286. The molecule has 2 N–H and O–H groups in total. The zero-order chi connectivity index (χ0) is 23.2. The van der Waals surface area contributed by atoms with Gasteiger partial charge in [0, 0.05) is 26.9 Å². The lowest BCUT2D eigenvalue weighted by Crippen LogP contribution is -2.07. The third kappa shape index (κ3) is 6.00. The molecule has 4 aromatic rings. The number of aromatic nitrogens is 1. The number of halogens is 1. The molecule has 0 fully saturated rings. The van der Waals surface area contributed by atoms with Crippen molar-refractivity contribution in [3.8, 4) is 0 Å². The minimum absolute atomic E-state index is 0.0560. The normalized spacial score (nSPS) is 10.6. The van der Waals surface area contributed by atoms with E-state index in [1.54, 1.807) is 30.5 Å².